The predicted molar refractivity (Wildman–Crippen MR) is 101 cm³/mol. The van der Waals surface area contributed by atoms with Gasteiger partial charge in [0.2, 0.25) is 0 Å². The van der Waals surface area contributed by atoms with E-state index in [2.05, 4.69) is 5.32 Å². The van der Waals surface area contributed by atoms with Crippen molar-refractivity contribution >= 4 is 38.9 Å². The summed E-state index contributed by atoms with van der Waals surface area (Å²) in [5.41, 5.74) is 0. The number of nitrogens with zero attached hydrogens (tertiary/aromatic N) is 1. The fourth-order valence-corrected chi connectivity index (χ4v) is 4.56. The Morgan fingerprint density at radius 1 is 1.20 bits per heavy atom. The SMILES string of the molecule is CN(C(=O)c1sc2c(F)ccc(F)c2c1Cl)C1CCCCC1.CNC. The lowest BCUT2D eigenvalue weighted by atomic mass is 9.94. The third-order valence-corrected chi connectivity index (χ3v) is 5.99. The molecule has 25 heavy (non-hydrogen) atoms. The summed E-state index contributed by atoms with van der Waals surface area (Å²) in [4.78, 5) is 14.6. The average molecular weight is 389 g/mol. The monoisotopic (exact) mass is 388 g/mol. The van der Waals surface area contributed by atoms with Crippen molar-refractivity contribution in [2.75, 3.05) is 21.1 Å². The number of carbonyl (C=O) groups excluding carboxylic acids is 1. The number of halogens is 3. The molecule has 7 heteroatoms. The van der Waals surface area contributed by atoms with Crippen molar-refractivity contribution < 1.29 is 13.6 Å². The maximum Gasteiger partial charge on any atom is 0.265 e. The normalized spacial score (nSPS) is 15.0. The van der Waals surface area contributed by atoms with Gasteiger partial charge in [0.25, 0.3) is 5.91 Å². The lowest BCUT2D eigenvalue weighted by Crippen LogP contribution is -2.38. The highest BCUT2D eigenvalue weighted by molar-refractivity contribution is 7.21. The third-order valence-electron chi connectivity index (χ3n) is 4.32. The van der Waals surface area contributed by atoms with Gasteiger partial charge in [0.1, 0.15) is 16.5 Å². The molecule has 1 aromatic carbocycles. The van der Waals surface area contributed by atoms with Crippen molar-refractivity contribution in [1.29, 1.82) is 0 Å². The van der Waals surface area contributed by atoms with Gasteiger partial charge in [0, 0.05) is 13.1 Å². The van der Waals surface area contributed by atoms with Crippen LogP contribution in [0.2, 0.25) is 5.02 Å². The first-order valence-corrected chi connectivity index (χ1v) is 9.53. The molecule has 1 heterocycles. The van der Waals surface area contributed by atoms with Gasteiger partial charge < -0.3 is 10.2 Å². The molecule has 1 aliphatic rings. The summed E-state index contributed by atoms with van der Waals surface area (Å²) < 4.78 is 27.8. The van der Waals surface area contributed by atoms with Crippen LogP contribution < -0.4 is 5.32 Å². The van der Waals surface area contributed by atoms with Gasteiger partial charge in [0.15, 0.2) is 0 Å². The highest BCUT2D eigenvalue weighted by atomic mass is 35.5. The second-order valence-electron chi connectivity index (χ2n) is 6.19. The molecule has 0 spiro atoms. The van der Waals surface area contributed by atoms with E-state index >= 15 is 0 Å². The second kappa shape index (κ2) is 8.92. The molecule has 1 amide bonds. The number of thiophene rings is 1. The van der Waals surface area contributed by atoms with Gasteiger partial charge in [-0.15, -0.1) is 11.3 Å². The van der Waals surface area contributed by atoms with Crippen LogP contribution in [0.3, 0.4) is 0 Å². The predicted octanol–water partition coefficient (Wildman–Crippen LogP) is 5.07. The van der Waals surface area contributed by atoms with Gasteiger partial charge in [-0.3, -0.25) is 4.79 Å². The van der Waals surface area contributed by atoms with Crippen molar-refractivity contribution in [1.82, 2.24) is 10.2 Å². The standard InChI is InChI=1S/C16H16ClF2NOS.C2H7N/c1-20(9-5-3-2-4-6-9)16(21)15-13(17)12-10(18)7-8-11(19)14(12)22-15;1-3-2/h7-9H,2-6H2,1H3;3H,1-2H3. The van der Waals surface area contributed by atoms with Crippen LogP contribution in [0.5, 0.6) is 0 Å². The zero-order chi connectivity index (χ0) is 18.6. The Labute approximate surface area is 156 Å². The molecule has 3 rings (SSSR count). The van der Waals surface area contributed by atoms with Gasteiger partial charge >= 0.3 is 0 Å². The zero-order valence-electron chi connectivity index (χ0n) is 14.7. The lowest BCUT2D eigenvalue weighted by molar-refractivity contribution is 0.0701. The van der Waals surface area contributed by atoms with E-state index in [1.54, 1.807) is 11.9 Å². The van der Waals surface area contributed by atoms with E-state index in [4.69, 9.17) is 11.6 Å². The molecule has 0 atom stereocenters. The largest absolute Gasteiger partial charge is 0.338 e. The van der Waals surface area contributed by atoms with Crippen LogP contribution in [0.25, 0.3) is 10.1 Å². The second-order valence-corrected chi connectivity index (χ2v) is 7.58. The van der Waals surface area contributed by atoms with E-state index in [-0.39, 0.29) is 31.9 Å². The van der Waals surface area contributed by atoms with E-state index in [1.807, 2.05) is 14.1 Å². The number of rotatable bonds is 2. The van der Waals surface area contributed by atoms with Crippen LogP contribution in [-0.2, 0) is 0 Å². The number of hydrogen-bond acceptors (Lipinski definition) is 3. The minimum atomic E-state index is -0.600. The summed E-state index contributed by atoms with van der Waals surface area (Å²) >= 11 is 7.10. The van der Waals surface area contributed by atoms with E-state index in [1.165, 1.54) is 6.42 Å². The van der Waals surface area contributed by atoms with E-state index < -0.39 is 11.6 Å². The topological polar surface area (TPSA) is 32.3 Å². The Balaban J connectivity index is 0.000000701. The number of fused-ring (bicyclic) bond motifs is 1. The fourth-order valence-electron chi connectivity index (χ4n) is 3.03. The maximum absolute atomic E-state index is 13.9. The highest BCUT2D eigenvalue weighted by Crippen LogP contribution is 2.39. The van der Waals surface area contributed by atoms with Crippen LogP contribution in [-0.4, -0.2) is 38.0 Å². The van der Waals surface area contributed by atoms with E-state index in [0.717, 1.165) is 49.2 Å². The molecule has 1 fully saturated rings. The summed E-state index contributed by atoms with van der Waals surface area (Å²) in [5.74, 6) is -1.41. The number of nitrogens with one attached hydrogen (secondary N) is 1. The summed E-state index contributed by atoms with van der Waals surface area (Å²) in [6.45, 7) is 0. The molecule has 1 aromatic heterocycles. The molecule has 3 nitrogen and oxygen atoms in total. The molecular formula is C18H23ClF2N2OS. The summed E-state index contributed by atoms with van der Waals surface area (Å²) in [6, 6.07) is 2.27. The first-order chi connectivity index (χ1) is 11.9. The van der Waals surface area contributed by atoms with Crippen LogP contribution in [0.4, 0.5) is 8.78 Å². The zero-order valence-corrected chi connectivity index (χ0v) is 16.2. The quantitative estimate of drug-likeness (QED) is 0.778. The van der Waals surface area contributed by atoms with Crippen LogP contribution in [0.15, 0.2) is 12.1 Å². The van der Waals surface area contributed by atoms with Crippen molar-refractivity contribution in [3.63, 3.8) is 0 Å². The highest BCUT2D eigenvalue weighted by Gasteiger charge is 2.28. The number of hydrogen-bond donors (Lipinski definition) is 1. The van der Waals surface area contributed by atoms with Crippen molar-refractivity contribution in [3.05, 3.63) is 33.7 Å². The molecule has 1 N–H and O–H groups in total. The molecule has 1 saturated carbocycles. The smallest absolute Gasteiger partial charge is 0.265 e. The molecule has 0 saturated heterocycles. The summed E-state index contributed by atoms with van der Waals surface area (Å²) in [5, 5.41) is 2.77. The Hall–Kier alpha value is -1.24. The minimum absolute atomic E-state index is 0.00654. The summed E-state index contributed by atoms with van der Waals surface area (Å²) in [6.07, 6.45) is 5.33. The van der Waals surface area contributed by atoms with Gasteiger partial charge in [-0.25, -0.2) is 8.78 Å². The first kappa shape index (κ1) is 20.1. The van der Waals surface area contributed by atoms with E-state index in [0.29, 0.717) is 0 Å². The molecule has 0 bridgehead atoms. The molecular weight excluding hydrogens is 366 g/mol. The number of benzene rings is 1. The number of amides is 1. The summed E-state index contributed by atoms with van der Waals surface area (Å²) in [7, 11) is 5.49. The van der Waals surface area contributed by atoms with Gasteiger partial charge in [-0.05, 0) is 39.1 Å². The average Bonchev–Trinajstić information content (AvgIpc) is 2.97. The van der Waals surface area contributed by atoms with Gasteiger partial charge in [0.05, 0.1) is 15.1 Å². The molecule has 0 unspecified atom stereocenters. The van der Waals surface area contributed by atoms with Gasteiger partial charge in [-0.2, -0.15) is 0 Å². The fraction of sp³-hybridized carbons (Fsp3) is 0.500. The molecule has 0 aliphatic heterocycles. The Kier molecular flexibility index (Phi) is 7.16. The van der Waals surface area contributed by atoms with Crippen LogP contribution >= 0.6 is 22.9 Å². The van der Waals surface area contributed by atoms with Crippen molar-refractivity contribution in [2.24, 2.45) is 0 Å². The number of carbonyl (C=O) groups is 1. The molecule has 0 radical (unpaired) electrons. The maximum atomic E-state index is 13.9. The Morgan fingerprint density at radius 2 is 1.76 bits per heavy atom. The first-order valence-electron chi connectivity index (χ1n) is 8.34. The molecule has 2 aromatic rings. The Bertz CT molecular complexity index is 744. The Morgan fingerprint density at radius 3 is 2.32 bits per heavy atom. The lowest BCUT2D eigenvalue weighted by Gasteiger charge is -2.31. The van der Waals surface area contributed by atoms with E-state index in [9.17, 15) is 13.6 Å². The van der Waals surface area contributed by atoms with Crippen molar-refractivity contribution in [2.45, 2.75) is 38.1 Å². The van der Waals surface area contributed by atoms with Crippen LogP contribution in [0, 0.1) is 11.6 Å². The van der Waals surface area contributed by atoms with Gasteiger partial charge in [-0.1, -0.05) is 30.9 Å². The minimum Gasteiger partial charge on any atom is -0.338 e. The van der Waals surface area contributed by atoms with Crippen molar-refractivity contribution in [3.8, 4) is 0 Å². The molecule has 138 valence electrons. The third kappa shape index (κ3) is 4.30. The molecule has 1 aliphatic carbocycles. The van der Waals surface area contributed by atoms with Crippen LogP contribution in [0.1, 0.15) is 41.8 Å².